The van der Waals surface area contributed by atoms with E-state index < -0.39 is 5.97 Å². The first kappa shape index (κ1) is 11.2. The standard InChI is InChI=1S/C9H14N2O2S/c10-3-1-4-11-6-7-2-5-14-8(7)9(12)13/h2,5,11H,1,3-4,6,10H2,(H,12,13). The lowest BCUT2D eigenvalue weighted by molar-refractivity contribution is 0.0701. The van der Waals surface area contributed by atoms with Crippen LogP contribution in [0.5, 0.6) is 0 Å². The summed E-state index contributed by atoms with van der Waals surface area (Å²) in [5, 5.41) is 13.8. The minimum atomic E-state index is -0.851. The van der Waals surface area contributed by atoms with Crippen LogP contribution in [0.2, 0.25) is 0 Å². The lowest BCUT2D eigenvalue weighted by atomic mass is 10.2. The van der Waals surface area contributed by atoms with Crippen molar-refractivity contribution in [2.75, 3.05) is 13.1 Å². The third-order valence-electron chi connectivity index (χ3n) is 1.81. The number of nitrogens with two attached hydrogens (primary N) is 1. The zero-order valence-electron chi connectivity index (χ0n) is 7.82. The summed E-state index contributed by atoms with van der Waals surface area (Å²) in [6.45, 7) is 2.08. The molecule has 0 aliphatic heterocycles. The van der Waals surface area contributed by atoms with E-state index >= 15 is 0 Å². The summed E-state index contributed by atoms with van der Waals surface area (Å²) in [7, 11) is 0. The van der Waals surface area contributed by atoms with Crippen molar-refractivity contribution in [2.45, 2.75) is 13.0 Å². The van der Waals surface area contributed by atoms with Gasteiger partial charge in [-0.2, -0.15) is 0 Å². The molecular weight excluding hydrogens is 200 g/mol. The number of rotatable bonds is 6. The highest BCUT2D eigenvalue weighted by Gasteiger charge is 2.10. The Morgan fingerprint density at radius 3 is 3.07 bits per heavy atom. The minimum absolute atomic E-state index is 0.422. The number of hydrogen-bond acceptors (Lipinski definition) is 4. The van der Waals surface area contributed by atoms with Crippen LogP contribution in [0.25, 0.3) is 0 Å². The van der Waals surface area contributed by atoms with Gasteiger partial charge in [0.25, 0.3) is 0 Å². The minimum Gasteiger partial charge on any atom is -0.477 e. The second-order valence-corrected chi connectivity index (χ2v) is 3.82. The fourth-order valence-corrected chi connectivity index (χ4v) is 1.87. The third-order valence-corrected chi connectivity index (χ3v) is 2.76. The number of thiophene rings is 1. The largest absolute Gasteiger partial charge is 0.477 e. The van der Waals surface area contributed by atoms with E-state index in [1.165, 1.54) is 11.3 Å². The van der Waals surface area contributed by atoms with Crippen molar-refractivity contribution in [3.63, 3.8) is 0 Å². The number of aromatic carboxylic acids is 1. The van der Waals surface area contributed by atoms with E-state index in [0.717, 1.165) is 18.5 Å². The quantitative estimate of drug-likeness (QED) is 0.615. The first-order valence-corrected chi connectivity index (χ1v) is 5.34. The molecule has 0 saturated carbocycles. The van der Waals surface area contributed by atoms with Crippen LogP contribution in [-0.2, 0) is 6.54 Å². The van der Waals surface area contributed by atoms with Crippen LogP contribution in [-0.4, -0.2) is 24.2 Å². The molecule has 0 bridgehead atoms. The smallest absolute Gasteiger partial charge is 0.346 e. The van der Waals surface area contributed by atoms with Gasteiger partial charge in [0, 0.05) is 6.54 Å². The van der Waals surface area contributed by atoms with Gasteiger partial charge in [-0.15, -0.1) is 11.3 Å². The molecule has 0 radical (unpaired) electrons. The summed E-state index contributed by atoms with van der Waals surface area (Å²) < 4.78 is 0. The fraction of sp³-hybridized carbons (Fsp3) is 0.444. The number of carbonyl (C=O) groups is 1. The predicted octanol–water partition coefficient (Wildman–Crippen LogP) is 0.885. The van der Waals surface area contributed by atoms with Crippen LogP contribution in [0.1, 0.15) is 21.7 Å². The molecule has 78 valence electrons. The highest BCUT2D eigenvalue weighted by molar-refractivity contribution is 7.12. The second-order valence-electron chi connectivity index (χ2n) is 2.90. The Hall–Kier alpha value is -0.910. The summed E-state index contributed by atoms with van der Waals surface area (Å²) in [5.74, 6) is -0.851. The maximum absolute atomic E-state index is 10.7. The predicted molar refractivity (Wildman–Crippen MR) is 56.7 cm³/mol. The van der Waals surface area contributed by atoms with Crippen molar-refractivity contribution >= 4 is 17.3 Å². The molecule has 1 aromatic rings. The topological polar surface area (TPSA) is 75.3 Å². The molecule has 1 heterocycles. The molecule has 4 N–H and O–H groups in total. The summed E-state index contributed by atoms with van der Waals surface area (Å²) >= 11 is 1.26. The van der Waals surface area contributed by atoms with Gasteiger partial charge in [-0.25, -0.2) is 4.79 Å². The zero-order valence-corrected chi connectivity index (χ0v) is 8.64. The average Bonchev–Trinajstić information content (AvgIpc) is 2.60. The molecule has 0 aromatic carbocycles. The molecule has 5 heteroatoms. The van der Waals surface area contributed by atoms with Crippen LogP contribution in [0.15, 0.2) is 11.4 Å². The molecule has 0 saturated heterocycles. The molecule has 4 nitrogen and oxygen atoms in total. The van der Waals surface area contributed by atoms with Gasteiger partial charge in [0.2, 0.25) is 0 Å². The maximum Gasteiger partial charge on any atom is 0.346 e. The molecule has 14 heavy (non-hydrogen) atoms. The Balaban J connectivity index is 2.42. The summed E-state index contributed by atoms with van der Waals surface area (Å²) in [6, 6.07) is 1.84. The van der Waals surface area contributed by atoms with E-state index in [1.807, 2.05) is 6.07 Å². The van der Waals surface area contributed by atoms with E-state index in [-0.39, 0.29) is 0 Å². The normalized spacial score (nSPS) is 10.4. The number of carboxylic acids is 1. The highest BCUT2D eigenvalue weighted by Crippen LogP contribution is 2.16. The Morgan fingerprint density at radius 1 is 1.64 bits per heavy atom. The van der Waals surface area contributed by atoms with Crippen molar-refractivity contribution in [1.29, 1.82) is 0 Å². The molecule has 0 amide bonds. The number of carboxylic acid groups (broad SMARTS) is 1. The van der Waals surface area contributed by atoms with E-state index in [0.29, 0.717) is 18.0 Å². The monoisotopic (exact) mass is 214 g/mol. The molecule has 1 rings (SSSR count). The fourth-order valence-electron chi connectivity index (χ4n) is 1.11. The van der Waals surface area contributed by atoms with E-state index in [9.17, 15) is 4.79 Å². The molecule has 1 aromatic heterocycles. The van der Waals surface area contributed by atoms with Gasteiger partial charge in [-0.05, 0) is 36.5 Å². The summed E-state index contributed by atoms with van der Waals surface area (Å²) in [4.78, 5) is 11.2. The van der Waals surface area contributed by atoms with Crippen molar-refractivity contribution in [3.8, 4) is 0 Å². The zero-order chi connectivity index (χ0) is 10.4. The lowest BCUT2D eigenvalue weighted by Gasteiger charge is -2.02. The summed E-state index contributed by atoms with van der Waals surface area (Å²) in [6.07, 6.45) is 0.909. The molecule has 0 spiro atoms. The Labute approximate surface area is 86.7 Å². The Bertz CT molecular complexity index is 299. The van der Waals surface area contributed by atoms with Crippen molar-refractivity contribution < 1.29 is 9.90 Å². The van der Waals surface area contributed by atoms with Gasteiger partial charge in [0.15, 0.2) is 0 Å². The van der Waals surface area contributed by atoms with Crippen LogP contribution in [0.3, 0.4) is 0 Å². The van der Waals surface area contributed by atoms with E-state index in [4.69, 9.17) is 10.8 Å². The van der Waals surface area contributed by atoms with Crippen molar-refractivity contribution in [3.05, 3.63) is 21.9 Å². The van der Waals surface area contributed by atoms with Gasteiger partial charge in [-0.3, -0.25) is 0 Å². The third kappa shape index (κ3) is 3.10. The SMILES string of the molecule is NCCCNCc1ccsc1C(=O)O. The van der Waals surface area contributed by atoms with Crippen LogP contribution in [0.4, 0.5) is 0 Å². The second kappa shape index (κ2) is 5.74. The van der Waals surface area contributed by atoms with E-state index in [2.05, 4.69) is 5.32 Å². The number of hydrogen-bond donors (Lipinski definition) is 3. The van der Waals surface area contributed by atoms with Crippen LogP contribution < -0.4 is 11.1 Å². The van der Waals surface area contributed by atoms with Gasteiger partial charge >= 0.3 is 5.97 Å². The molecular formula is C9H14N2O2S. The van der Waals surface area contributed by atoms with Crippen molar-refractivity contribution in [1.82, 2.24) is 5.32 Å². The number of nitrogens with one attached hydrogen (secondary N) is 1. The first-order valence-electron chi connectivity index (χ1n) is 4.46. The molecule has 0 unspecified atom stereocenters. The molecule has 0 fully saturated rings. The maximum atomic E-state index is 10.7. The Morgan fingerprint density at radius 2 is 2.43 bits per heavy atom. The molecule has 0 atom stereocenters. The molecule has 0 aliphatic rings. The van der Waals surface area contributed by atoms with Crippen LogP contribution in [0, 0.1) is 0 Å². The Kier molecular flexibility index (Phi) is 4.58. The average molecular weight is 214 g/mol. The van der Waals surface area contributed by atoms with Crippen LogP contribution >= 0.6 is 11.3 Å². The lowest BCUT2D eigenvalue weighted by Crippen LogP contribution is -2.18. The van der Waals surface area contributed by atoms with Crippen molar-refractivity contribution in [2.24, 2.45) is 5.73 Å². The summed E-state index contributed by atoms with van der Waals surface area (Å²) in [5.41, 5.74) is 6.18. The van der Waals surface area contributed by atoms with Gasteiger partial charge in [0.05, 0.1) is 0 Å². The van der Waals surface area contributed by atoms with E-state index in [1.54, 1.807) is 5.38 Å². The van der Waals surface area contributed by atoms with Gasteiger partial charge in [-0.1, -0.05) is 0 Å². The first-order chi connectivity index (χ1) is 6.75. The van der Waals surface area contributed by atoms with Gasteiger partial charge < -0.3 is 16.2 Å². The van der Waals surface area contributed by atoms with Gasteiger partial charge in [0.1, 0.15) is 4.88 Å². The molecule has 0 aliphatic carbocycles. The highest BCUT2D eigenvalue weighted by atomic mass is 32.1.